The molecule has 8 nitrogen and oxygen atoms in total. The third-order valence-corrected chi connectivity index (χ3v) is 6.44. The van der Waals surface area contributed by atoms with E-state index < -0.39 is 0 Å². The van der Waals surface area contributed by atoms with Crippen LogP contribution in [0, 0.1) is 5.92 Å². The van der Waals surface area contributed by atoms with Crippen LogP contribution in [0.2, 0.25) is 0 Å². The molecule has 4 rings (SSSR count). The fourth-order valence-electron chi connectivity index (χ4n) is 4.35. The van der Waals surface area contributed by atoms with Crippen LogP contribution in [0.1, 0.15) is 30.9 Å². The zero-order valence-corrected chi connectivity index (χ0v) is 20.5. The van der Waals surface area contributed by atoms with E-state index in [1.165, 1.54) is 16.3 Å². The normalized spacial score (nSPS) is 15.5. The average Bonchev–Trinajstić information content (AvgIpc) is 2.92. The SMILES string of the molecule is CCc1ccc(-n2nc(N3CCCC(C(=O)NCc4ccc(OC)cc4OC)C3)ccc2=O)cc1. The topological polar surface area (TPSA) is 85.7 Å². The zero-order chi connectivity index (χ0) is 24.8. The van der Waals surface area contributed by atoms with Crippen LogP contribution in [-0.4, -0.2) is 43.0 Å². The van der Waals surface area contributed by atoms with Gasteiger partial charge in [-0.05, 0) is 55.2 Å². The van der Waals surface area contributed by atoms with Crippen LogP contribution in [0.3, 0.4) is 0 Å². The number of rotatable bonds is 8. The van der Waals surface area contributed by atoms with E-state index in [0.717, 1.165) is 37.1 Å². The predicted molar refractivity (Wildman–Crippen MR) is 136 cm³/mol. The lowest BCUT2D eigenvalue weighted by atomic mass is 9.97. The van der Waals surface area contributed by atoms with Gasteiger partial charge in [-0.2, -0.15) is 4.68 Å². The molecule has 8 heteroatoms. The van der Waals surface area contributed by atoms with Crippen molar-refractivity contribution in [2.45, 2.75) is 32.7 Å². The maximum atomic E-state index is 13.0. The number of benzene rings is 2. The first-order valence-electron chi connectivity index (χ1n) is 12.0. The Morgan fingerprint density at radius 2 is 1.89 bits per heavy atom. The Kier molecular flexibility index (Phi) is 7.70. The van der Waals surface area contributed by atoms with Crippen LogP contribution >= 0.6 is 0 Å². The Hall–Kier alpha value is -3.81. The van der Waals surface area contributed by atoms with Gasteiger partial charge < -0.3 is 19.7 Å². The van der Waals surface area contributed by atoms with E-state index in [1.54, 1.807) is 26.4 Å². The van der Waals surface area contributed by atoms with E-state index in [0.29, 0.717) is 30.4 Å². The molecular formula is C27H32N4O4. The standard InChI is InChI=1S/C27H32N4O4/c1-4-19-7-10-22(11-8-19)31-26(32)14-13-25(29-31)30-15-5-6-21(18-30)27(33)28-17-20-9-12-23(34-2)16-24(20)35-3/h7-14,16,21H,4-6,15,17-18H2,1-3H3,(H,28,33). The molecule has 2 heterocycles. The van der Waals surface area contributed by atoms with E-state index in [9.17, 15) is 9.59 Å². The van der Waals surface area contributed by atoms with E-state index >= 15 is 0 Å². The molecule has 1 aliphatic heterocycles. The summed E-state index contributed by atoms with van der Waals surface area (Å²) in [4.78, 5) is 27.6. The smallest absolute Gasteiger partial charge is 0.271 e. The monoisotopic (exact) mass is 476 g/mol. The number of carbonyl (C=O) groups is 1. The van der Waals surface area contributed by atoms with Crippen molar-refractivity contribution in [2.75, 3.05) is 32.2 Å². The van der Waals surface area contributed by atoms with Gasteiger partial charge in [0.25, 0.3) is 5.56 Å². The van der Waals surface area contributed by atoms with Crippen LogP contribution in [0.15, 0.2) is 59.4 Å². The fraction of sp³-hybridized carbons (Fsp3) is 0.370. The number of ether oxygens (including phenoxy) is 2. The van der Waals surface area contributed by atoms with Crippen molar-refractivity contribution in [3.63, 3.8) is 0 Å². The number of piperidine rings is 1. The molecule has 1 saturated heterocycles. The number of aromatic nitrogens is 2. The molecule has 1 fully saturated rings. The number of methoxy groups -OCH3 is 2. The van der Waals surface area contributed by atoms with Crippen LogP contribution in [-0.2, 0) is 17.8 Å². The molecule has 3 aromatic rings. The molecule has 0 bridgehead atoms. The van der Waals surface area contributed by atoms with Crippen LogP contribution in [0.25, 0.3) is 5.69 Å². The van der Waals surface area contributed by atoms with Gasteiger partial charge in [-0.3, -0.25) is 9.59 Å². The van der Waals surface area contributed by atoms with Crippen molar-refractivity contribution in [2.24, 2.45) is 5.92 Å². The van der Waals surface area contributed by atoms with Gasteiger partial charge in [0.1, 0.15) is 17.3 Å². The Bertz CT molecular complexity index is 1220. The number of carbonyl (C=O) groups excluding carboxylic acids is 1. The van der Waals surface area contributed by atoms with Gasteiger partial charge in [-0.25, -0.2) is 0 Å². The summed E-state index contributed by atoms with van der Waals surface area (Å²) in [5.74, 6) is 1.90. The Morgan fingerprint density at radius 1 is 1.09 bits per heavy atom. The summed E-state index contributed by atoms with van der Waals surface area (Å²) in [7, 11) is 3.21. The minimum absolute atomic E-state index is 0.00366. The minimum atomic E-state index is -0.183. The van der Waals surface area contributed by atoms with E-state index in [4.69, 9.17) is 9.47 Å². The number of nitrogens with zero attached hydrogens (tertiary/aromatic N) is 3. The maximum absolute atomic E-state index is 13.0. The molecular weight excluding hydrogens is 444 g/mol. The quantitative estimate of drug-likeness (QED) is 0.537. The largest absolute Gasteiger partial charge is 0.497 e. The molecule has 1 unspecified atom stereocenters. The molecule has 1 aromatic heterocycles. The van der Waals surface area contributed by atoms with Crippen molar-refractivity contribution in [1.29, 1.82) is 0 Å². The molecule has 2 aromatic carbocycles. The van der Waals surface area contributed by atoms with E-state index in [2.05, 4.69) is 22.2 Å². The van der Waals surface area contributed by atoms with Crippen molar-refractivity contribution >= 4 is 11.7 Å². The van der Waals surface area contributed by atoms with Crippen molar-refractivity contribution in [3.8, 4) is 17.2 Å². The summed E-state index contributed by atoms with van der Waals surface area (Å²) in [5, 5.41) is 7.67. The molecule has 0 radical (unpaired) electrons. The van der Waals surface area contributed by atoms with Crippen LogP contribution < -0.4 is 25.2 Å². The molecule has 0 saturated carbocycles. The highest BCUT2D eigenvalue weighted by molar-refractivity contribution is 5.79. The maximum Gasteiger partial charge on any atom is 0.271 e. The Labute approximate surface area is 205 Å². The summed E-state index contributed by atoms with van der Waals surface area (Å²) >= 11 is 0. The fourth-order valence-corrected chi connectivity index (χ4v) is 4.35. The number of hydrogen-bond acceptors (Lipinski definition) is 6. The third kappa shape index (κ3) is 5.65. The third-order valence-electron chi connectivity index (χ3n) is 6.44. The number of hydrogen-bond donors (Lipinski definition) is 1. The summed E-state index contributed by atoms with van der Waals surface area (Å²) in [6, 6.07) is 16.7. The molecule has 0 aliphatic carbocycles. The number of nitrogens with one attached hydrogen (secondary N) is 1. The van der Waals surface area contributed by atoms with Crippen LogP contribution in [0.5, 0.6) is 11.5 Å². The second-order valence-corrected chi connectivity index (χ2v) is 8.64. The van der Waals surface area contributed by atoms with E-state index in [1.807, 2.05) is 36.4 Å². The molecule has 35 heavy (non-hydrogen) atoms. The van der Waals surface area contributed by atoms with E-state index in [-0.39, 0.29) is 17.4 Å². The minimum Gasteiger partial charge on any atom is -0.497 e. The van der Waals surface area contributed by atoms with Gasteiger partial charge in [0.2, 0.25) is 5.91 Å². The lowest BCUT2D eigenvalue weighted by Crippen LogP contribution is -2.43. The highest BCUT2D eigenvalue weighted by Gasteiger charge is 2.27. The van der Waals surface area contributed by atoms with Gasteiger partial charge in [0.15, 0.2) is 0 Å². The molecule has 1 N–H and O–H groups in total. The average molecular weight is 477 g/mol. The van der Waals surface area contributed by atoms with Crippen molar-refractivity contribution in [3.05, 3.63) is 76.1 Å². The summed E-state index contributed by atoms with van der Waals surface area (Å²) < 4.78 is 12.1. The van der Waals surface area contributed by atoms with Crippen molar-refractivity contribution < 1.29 is 14.3 Å². The van der Waals surface area contributed by atoms with Gasteiger partial charge in [0, 0.05) is 37.3 Å². The highest BCUT2D eigenvalue weighted by Crippen LogP contribution is 2.25. The number of amides is 1. The Morgan fingerprint density at radius 3 is 2.60 bits per heavy atom. The second-order valence-electron chi connectivity index (χ2n) is 8.64. The summed E-state index contributed by atoms with van der Waals surface area (Å²) in [6.07, 6.45) is 2.61. The van der Waals surface area contributed by atoms with Crippen molar-refractivity contribution in [1.82, 2.24) is 15.1 Å². The molecule has 1 aliphatic rings. The predicted octanol–water partition coefficient (Wildman–Crippen LogP) is 3.34. The first-order valence-corrected chi connectivity index (χ1v) is 12.0. The lowest BCUT2D eigenvalue weighted by molar-refractivity contribution is -0.125. The number of anilines is 1. The summed E-state index contributed by atoms with van der Waals surface area (Å²) in [5.41, 5.74) is 2.64. The lowest BCUT2D eigenvalue weighted by Gasteiger charge is -2.33. The summed E-state index contributed by atoms with van der Waals surface area (Å²) in [6.45, 7) is 3.80. The van der Waals surface area contributed by atoms with Gasteiger partial charge in [-0.15, -0.1) is 5.10 Å². The Balaban J connectivity index is 1.44. The number of aryl methyl sites for hydroxylation is 1. The molecule has 0 spiro atoms. The zero-order valence-electron chi connectivity index (χ0n) is 20.5. The molecule has 1 amide bonds. The molecule has 1 atom stereocenters. The van der Waals surface area contributed by atoms with Crippen LogP contribution in [0.4, 0.5) is 5.82 Å². The second kappa shape index (κ2) is 11.1. The first kappa shape index (κ1) is 24.3. The van der Waals surface area contributed by atoms with Gasteiger partial charge in [0.05, 0.1) is 25.8 Å². The van der Waals surface area contributed by atoms with Gasteiger partial charge >= 0.3 is 0 Å². The first-order chi connectivity index (χ1) is 17.0. The van der Waals surface area contributed by atoms with Gasteiger partial charge in [-0.1, -0.05) is 19.1 Å². The molecule has 184 valence electrons. The highest BCUT2D eigenvalue weighted by atomic mass is 16.5.